The molecule has 4 rings (SSSR count). The predicted molar refractivity (Wildman–Crippen MR) is 120 cm³/mol. The minimum atomic E-state index is 0. The Morgan fingerprint density at radius 2 is 2.00 bits per heavy atom. The Labute approximate surface area is 178 Å². The fourth-order valence-electron chi connectivity index (χ4n) is 4.75. The van der Waals surface area contributed by atoms with Crippen LogP contribution in [0.4, 0.5) is 5.69 Å². The molecule has 1 aliphatic heterocycles. The van der Waals surface area contributed by atoms with E-state index in [4.69, 9.17) is 4.52 Å². The van der Waals surface area contributed by atoms with Crippen molar-refractivity contribution in [3.8, 4) is 0 Å². The second kappa shape index (κ2) is 8.20. The zero-order valence-electron chi connectivity index (χ0n) is 16.4. The smallest absolute Gasteiger partial charge is 0.198 e. The van der Waals surface area contributed by atoms with Gasteiger partial charge in [-0.1, -0.05) is 36.2 Å². The number of rotatable bonds is 3. The molecule has 0 amide bonds. The Morgan fingerprint density at radius 3 is 2.67 bits per heavy atom. The Hall–Kier alpha value is -1.57. The number of nitrogens with one attached hydrogen (secondary N) is 1. The van der Waals surface area contributed by atoms with E-state index in [1.54, 1.807) is 0 Å². The summed E-state index contributed by atoms with van der Waals surface area (Å²) in [5, 5.41) is 7.60. The summed E-state index contributed by atoms with van der Waals surface area (Å²) in [7, 11) is 1.88. The van der Waals surface area contributed by atoms with Crippen molar-refractivity contribution in [1.82, 2.24) is 10.5 Å². The summed E-state index contributed by atoms with van der Waals surface area (Å²) in [6.45, 7) is 5.84. The highest BCUT2D eigenvalue weighted by Gasteiger charge is 2.45. The number of nitrogens with zero attached hydrogens (tertiary/aromatic N) is 3. The number of aromatic nitrogens is 1. The van der Waals surface area contributed by atoms with Crippen LogP contribution >= 0.6 is 24.0 Å². The maximum atomic E-state index is 5.27. The molecule has 1 aromatic heterocycles. The molecule has 2 aliphatic rings. The topological polar surface area (TPSA) is 53.7 Å². The molecule has 27 heavy (non-hydrogen) atoms. The number of hydrogen-bond acceptors (Lipinski definition) is 3. The molecule has 0 unspecified atom stereocenters. The lowest BCUT2D eigenvalue weighted by molar-refractivity contribution is 0.392. The normalized spacial score (nSPS) is 17.9. The number of para-hydroxylation sites is 1. The van der Waals surface area contributed by atoms with Crippen LogP contribution in [0.3, 0.4) is 0 Å². The van der Waals surface area contributed by atoms with E-state index in [1.165, 1.54) is 42.5 Å². The van der Waals surface area contributed by atoms with Gasteiger partial charge in [-0.05, 0) is 44.7 Å². The van der Waals surface area contributed by atoms with E-state index in [0.717, 1.165) is 36.9 Å². The van der Waals surface area contributed by atoms with Crippen LogP contribution in [-0.2, 0) is 11.8 Å². The van der Waals surface area contributed by atoms with Crippen molar-refractivity contribution < 1.29 is 4.52 Å². The summed E-state index contributed by atoms with van der Waals surface area (Å²) >= 11 is 0. The minimum absolute atomic E-state index is 0. The van der Waals surface area contributed by atoms with Crippen LogP contribution in [0, 0.1) is 13.8 Å². The van der Waals surface area contributed by atoms with Crippen molar-refractivity contribution in [2.24, 2.45) is 4.99 Å². The molecule has 146 valence electrons. The molecule has 2 heterocycles. The molecule has 1 aromatic carbocycles. The van der Waals surface area contributed by atoms with E-state index in [9.17, 15) is 0 Å². The number of aryl methyl sites for hydroxylation is 2. The molecule has 1 aliphatic carbocycles. The molecular weight excluding hydrogens is 451 g/mol. The molecular formula is C21H29IN4O. The Bertz CT molecular complexity index is 804. The van der Waals surface area contributed by atoms with Crippen LogP contribution < -0.4 is 10.2 Å². The first-order valence-electron chi connectivity index (χ1n) is 9.64. The van der Waals surface area contributed by atoms with Crippen molar-refractivity contribution in [3.05, 3.63) is 46.8 Å². The van der Waals surface area contributed by atoms with Gasteiger partial charge in [-0.2, -0.15) is 0 Å². The van der Waals surface area contributed by atoms with Crippen LogP contribution in [0.2, 0.25) is 0 Å². The molecule has 0 saturated heterocycles. The van der Waals surface area contributed by atoms with Gasteiger partial charge in [0, 0.05) is 36.8 Å². The van der Waals surface area contributed by atoms with Crippen LogP contribution in [0.25, 0.3) is 0 Å². The first-order valence-corrected chi connectivity index (χ1v) is 9.64. The van der Waals surface area contributed by atoms with Gasteiger partial charge in [0.2, 0.25) is 0 Å². The van der Waals surface area contributed by atoms with E-state index in [0.29, 0.717) is 5.41 Å². The zero-order chi connectivity index (χ0) is 18.1. The maximum Gasteiger partial charge on any atom is 0.198 e. The van der Waals surface area contributed by atoms with Gasteiger partial charge in [0.15, 0.2) is 5.96 Å². The molecule has 5 nitrogen and oxygen atoms in total. The van der Waals surface area contributed by atoms with Crippen molar-refractivity contribution in [2.45, 2.75) is 51.4 Å². The lowest BCUT2D eigenvalue weighted by Crippen LogP contribution is -2.44. The summed E-state index contributed by atoms with van der Waals surface area (Å²) in [5.74, 6) is 1.88. The molecule has 6 heteroatoms. The molecule has 1 spiro atoms. The van der Waals surface area contributed by atoms with Crippen LogP contribution in [0.15, 0.2) is 33.8 Å². The van der Waals surface area contributed by atoms with E-state index >= 15 is 0 Å². The third kappa shape index (κ3) is 3.60. The maximum absolute atomic E-state index is 5.27. The zero-order valence-corrected chi connectivity index (χ0v) is 18.7. The van der Waals surface area contributed by atoms with E-state index in [1.807, 2.05) is 20.9 Å². The van der Waals surface area contributed by atoms with Gasteiger partial charge in [0.1, 0.15) is 5.76 Å². The minimum Gasteiger partial charge on any atom is -0.361 e. The molecule has 2 aromatic rings. The van der Waals surface area contributed by atoms with Crippen LogP contribution in [-0.4, -0.2) is 31.3 Å². The first kappa shape index (κ1) is 20.2. The fraction of sp³-hybridized carbons (Fsp3) is 0.524. The van der Waals surface area contributed by atoms with Gasteiger partial charge in [-0.3, -0.25) is 4.99 Å². The summed E-state index contributed by atoms with van der Waals surface area (Å²) in [4.78, 5) is 6.96. The second-order valence-corrected chi connectivity index (χ2v) is 7.62. The van der Waals surface area contributed by atoms with Gasteiger partial charge >= 0.3 is 0 Å². The van der Waals surface area contributed by atoms with Gasteiger partial charge in [-0.25, -0.2) is 0 Å². The number of aliphatic imine (C=N–C) groups is 1. The van der Waals surface area contributed by atoms with Gasteiger partial charge in [0.05, 0.1) is 5.69 Å². The van der Waals surface area contributed by atoms with Crippen LogP contribution in [0.1, 0.15) is 48.3 Å². The van der Waals surface area contributed by atoms with Crippen molar-refractivity contribution >= 4 is 35.6 Å². The molecule has 1 N–H and O–H groups in total. The lowest BCUT2D eigenvalue weighted by atomic mass is 9.81. The highest BCUT2D eigenvalue weighted by atomic mass is 127. The number of hydrogen-bond donors (Lipinski definition) is 1. The van der Waals surface area contributed by atoms with E-state index in [2.05, 4.69) is 44.6 Å². The number of anilines is 1. The number of benzene rings is 1. The summed E-state index contributed by atoms with van der Waals surface area (Å²) < 4.78 is 5.27. The predicted octanol–water partition coefficient (Wildman–Crippen LogP) is 4.36. The van der Waals surface area contributed by atoms with Gasteiger partial charge < -0.3 is 14.7 Å². The highest BCUT2D eigenvalue weighted by Crippen LogP contribution is 2.50. The Morgan fingerprint density at radius 1 is 1.26 bits per heavy atom. The third-order valence-corrected chi connectivity index (χ3v) is 6.09. The van der Waals surface area contributed by atoms with Gasteiger partial charge in [0.25, 0.3) is 0 Å². The van der Waals surface area contributed by atoms with E-state index < -0.39 is 0 Å². The summed E-state index contributed by atoms with van der Waals surface area (Å²) in [6, 6.07) is 8.87. The monoisotopic (exact) mass is 480 g/mol. The first-order chi connectivity index (χ1) is 12.6. The lowest BCUT2D eigenvalue weighted by Gasteiger charge is -2.26. The van der Waals surface area contributed by atoms with Crippen molar-refractivity contribution in [2.75, 3.05) is 25.0 Å². The highest BCUT2D eigenvalue weighted by molar-refractivity contribution is 14.0. The molecule has 1 fully saturated rings. The average Bonchev–Trinajstić information content (AvgIpc) is 3.34. The number of halogens is 1. The largest absolute Gasteiger partial charge is 0.361 e. The Kier molecular flexibility index (Phi) is 6.13. The van der Waals surface area contributed by atoms with Crippen molar-refractivity contribution in [1.29, 1.82) is 0 Å². The van der Waals surface area contributed by atoms with Crippen LogP contribution in [0.5, 0.6) is 0 Å². The summed E-state index contributed by atoms with van der Waals surface area (Å²) in [6.07, 6.45) is 6.13. The fourth-order valence-corrected chi connectivity index (χ4v) is 4.75. The molecule has 0 radical (unpaired) electrons. The van der Waals surface area contributed by atoms with Crippen molar-refractivity contribution in [3.63, 3.8) is 0 Å². The Balaban J connectivity index is 0.00000210. The number of guanidine groups is 1. The quantitative estimate of drug-likeness (QED) is 0.403. The average molecular weight is 480 g/mol. The third-order valence-electron chi connectivity index (χ3n) is 6.09. The molecule has 0 atom stereocenters. The molecule has 1 saturated carbocycles. The second-order valence-electron chi connectivity index (χ2n) is 7.62. The number of fused-ring (bicyclic) bond motifs is 2. The van der Waals surface area contributed by atoms with Gasteiger partial charge in [-0.15, -0.1) is 24.0 Å². The SMILES string of the molecule is CN=C(NCCc1c(C)noc1C)N1CC2(CCCC2)c2ccccc21.I. The standard InChI is InChI=1S/C21H28N4O.HI/c1-15-17(16(2)26-24-15)10-13-23-20(22-3)25-14-21(11-6-7-12-21)18-8-4-5-9-19(18)25;/h4-5,8-9H,6-7,10-14H2,1-3H3,(H,22,23);1H. The molecule has 0 bridgehead atoms. The van der Waals surface area contributed by atoms with E-state index in [-0.39, 0.29) is 24.0 Å². The summed E-state index contributed by atoms with van der Waals surface area (Å²) in [5.41, 5.74) is 5.32.